The Kier molecular flexibility index (Phi) is 6.50. The Labute approximate surface area is 188 Å². The standard InChI is InChI=1S/C24H22F4N4O/c25-21-10-5-16(24(26,27)28)15-20(21)19-3-1-2-4-22(19)31-23(33)30-17-6-8-18(9-7-17)32-13-11-29-12-14-32/h1-10,15,29H,11-14H2,(H2,30,31,33). The molecule has 9 heteroatoms. The van der Waals surface area contributed by atoms with Gasteiger partial charge in [0.2, 0.25) is 0 Å². The summed E-state index contributed by atoms with van der Waals surface area (Å²) >= 11 is 0. The molecule has 0 aromatic heterocycles. The number of para-hydroxylation sites is 1. The minimum atomic E-state index is -4.61. The van der Waals surface area contributed by atoms with Crippen LogP contribution in [0.25, 0.3) is 11.1 Å². The van der Waals surface area contributed by atoms with Crippen molar-refractivity contribution in [1.29, 1.82) is 0 Å². The number of amides is 2. The van der Waals surface area contributed by atoms with E-state index >= 15 is 0 Å². The summed E-state index contributed by atoms with van der Waals surface area (Å²) < 4.78 is 53.7. The molecule has 1 aliphatic rings. The third-order valence-electron chi connectivity index (χ3n) is 5.37. The highest BCUT2D eigenvalue weighted by atomic mass is 19.4. The number of benzene rings is 3. The summed E-state index contributed by atoms with van der Waals surface area (Å²) in [5.74, 6) is -0.818. The highest BCUT2D eigenvalue weighted by molar-refractivity contribution is 6.02. The van der Waals surface area contributed by atoms with E-state index in [-0.39, 0.29) is 16.8 Å². The highest BCUT2D eigenvalue weighted by Gasteiger charge is 2.31. The first-order valence-corrected chi connectivity index (χ1v) is 10.4. The smallest absolute Gasteiger partial charge is 0.369 e. The summed E-state index contributed by atoms with van der Waals surface area (Å²) in [6.07, 6.45) is -4.61. The minimum Gasteiger partial charge on any atom is -0.369 e. The van der Waals surface area contributed by atoms with Crippen molar-refractivity contribution < 1.29 is 22.4 Å². The number of hydrogen-bond donors (Lipinski definition) is 3. The van der Waals surface area contributed by atoms with Crippen LogP contribution in [0.2, 0.25) is 0 Å². The number of rotatable bonds is 4. The first-order chi connectivity index (χ1) is 15.8. The molecule has 1 fully saturated rings. The van der Waals surface area contributed by atoms with Gasteiger partial charge in [-0.3, -0.25) is 0 Å². The first kappa shape index (κ1) is 22.6. The van der Waals surface area contributed by atoms with Gasteiger partial charge in [0.05, 0.1) is 11.3 Å². The molecular formula is C24H22F4N4O. The lowest BCUT2D eigenvalue weighted by atomic mass is 10.0. The summed E-state index contributed by atoms with van der Waals surface area (Å²) in [6.45, 7) is 3.62. The zero-order valence-electron chi connectivity index (χ0n) is 17.5. The Morgan fingerprint density at radius 3 is 2.27 bits per heavy atom. The van der Waals surface area contributed by atoms with E-state index in [0.29, 0.717) is 11.8 Å². The van der Waals surface area contributed by atoms with Crippen LogP contribution < -0.4 is 20.9 Å². The maximum atomic E-state index is 14.4. The number of alkyl halides is 3. The molecule has 0 atom stereocenters. The third kappa shape index (κ3) is 5.43. The van der Waals surface area contributed by atoms with Crippen LogP contribution in [0, 0.1) is 5.82 Å². The van der Waals surface area contributed by atoms with E-state index in [9.17, 15) is 22.4 Å². The SMILES string of the molecule is O=C(Nc1ccc(N2CCNCC2)cc1)Nc1ccccc1-c1cc(C(F)(F)F)ccc1F. The van der Waals surface area contributed by atoms with Crippen molar-refractivity contribution in [2.45, 2.75) is 6.18 Å². The lowest BCUT2D eigenvalue weighted by molar-refractivity contribution is -0.137. The quantitative estimate of drug-likeness (QED) is 0.449. The average molecular weight is 458 g/mol. The molecule has 0 spiro atoms. The number of carbonyl (C=O) groups excluding carboxylic acids is 1. The predicted octanol–water partition coefficient (Wildman–Crippen LogP) is 5.57. The Bertz CT molecular complexity index is 1130. The van der Waals surface area contributed by atoms with Crippen LogP contribution in [-0.2, 0) is 6.18 Å². The van der Waals surface area contributed by atoms with Gasteiger partial charge in [-0.05, 0) is 48.5 Å². The topological polar surface area (TPSA) is 56.4 Å². The zero-order chi connectivity index (χ0) is 23.4. The molecule has 33 heavy (non-hydrogen) atoms. The Morgan fingerprint density at radius 2 is 1.58 bits per heavy atom. The minimum absolute atomic E-state index is 0.144. The second-order valence-electron chi connectivity index (χ2n) is 7.60. The van der Waals surface area contributed by atoms with Crippen LogP contribution in [0.1, 0.15) is 5.56 Å². The van der Waals surface area contributed by atoms with Gasteiger partial charge in [-0.15, -0.1) is 0 Å². The molecule has 3 N–H and O–H groups in total. The second-order valence-corrected chi connectivity index (χ2v) is 7.60. The molecule has 1 aliphatic heterocycles. The van der Waals surface area contributed by atoms with E-state index in [1.807, 2.05) is 12.1 Å². The molecular weight excluding hydrogens is 436 g/mol. The molecule has 0 saturated carbocycles. The van der Waals surface area contributed by atoms with E-state index in [0.717, 1.165) is 44.0 Å². The zero-order valence-corrected chi connectivity index (χ0v) is 17.5. The normalized spacial score (nSPS) is 14.1. The summed E-state index contributed by atoms with van der Waals surface area (Å²) in [7, 11) is 0. The lowest BCUT2D eigenvalue weighted by Gasteiger charge is -2.29. The molecule has 2 amide bonds. The maximum Gasteiger partial charge on any atom is 0.416 e. The summed E-state index contributed by atoms with van der Waals surface area (Å²) in [6, 6.07) is 15.1. The van der Waals surface area contributed by atoms with Crippen molar-refractivity contribution in [3.05, 3.63) is 78.1 Å². The van der Waals surface area contributed by atoms with Crippen LogP contribution in [-0.4, -0.2) is 32.2 Å². The van der Waals surface area contributed by atoms with Gasteiger partial charge >= 0.3 is 12.2 Å². The summed E-state index contributed by atoms with van der Waals surface area (Å²) in [4.78, 5) is 14.8. The summed E-state index contributed by atoms with van der Waals surface area (Å²) in [5.41, 5.74) is 0.710. The molecule has 0 radical (unpaired) electrons. The molecule has 5 nitrogen and oxygen atoms in total. The maximum absolute atomic E-state index is 14.4. The van der Waals surface area contributed by atoms with E-state index in [2.05, 4.69) is 20.9 Å². The van der Waals surface area contributed by atoms with Gasteiger partial charge in [-0.25, -0.2) is 9.18 Å². The Morgan fingerprint density at radius 1 is 0.879 bits per heavy atom. The van der Waals surface area contributed by atoms with Crippen LogP contribution in [0.3, 0.4) is 0 Å². The predicted molar refractivity (Wildman–Crippen MR) is 121 cm³/mol. The fourth-order valence-corrected chi connectivity index (χ4v) is 3.70. The van der Waals surface area contributed by atoms with E-state index < -0.39 is 23.6 Å². The van der Waals surface area contributed by atoms with Crippen LogP contribution >= 0.6 is 0 Å². The van der Waals surface area contributed by atoms with Crippen LogP contribution in [0.15, 0.2) is 66.7 Å². The van der Waals surface area contributed by atoms with Crippen molar-refractivity contribution in [2.24, 2.45) is 0 Å². The first-order valence-electron chi connectivity index (χ1n) is 10.4. The van der Waals surface area contributed by atoms with Gasteiger partial charge in [0, 0.05) is 48.7 Å². The third-order valence-corrected chi connectivity index (χ3v) is 5.37. The van der Waals surface area contributed by atoms with Gasteiger partial charge in [0.15, 0.2) is 0 Å². The van der Waals surface area contributed by atoms with Crippen LogP contribution in [0.5, 0.6) is 0 Å². The van der Waals surface area contributed by atoms with E-state index in [1.54, 1.807) is 24.3 Å². The number of halogens is 4. The molecule has 1 heterocycles. The fraction of sp³-hybridized carbons (Fsp3) is 0.208. The molecule has 0 bridgehead atoms. The molecule has 172 valence electrons. The Balaban J connectivity index is 1.50. The lowest BCUT2D eigenvalue weighted by Crippen LogP contribution is -2.43. The Hall–Kier alpha value is -3.59. The molecule has 3 aromatic rings. The second kappa shape index (κ2) is 9.50. The number of hydrogen-bond acceptors (Lipinski definition) is 3. The van der Waals surface area contributed by atoms with Gasteiger partial charge in [0.1, 0.15) is 5.82 Å². The number of carbonyl (C=O) groups is 1. The van der Waals surface area contributed by atoms with Gasteiger partial charge in [0.25, 0.3) is 0 Å². The molecule has 1 saturated heterocycles. The largest absolute Gasteiger partial charge is 0.416 e. The van der Waals surface area contributed by atoms with E-state index in [1.165, 1.54) is 12.1 Å². The fourth-order valence-electron chi connectivity index (χ4n) is 3.70. The molecule has 3 aromatic carbocycles. The average Bonchev–Trinajstić information content (AvgIpc) is 2.80. The number of anilines is 3. The van der Waals surface area contributed by atoms with Crippen molar-refractivity contribution in [1.82, 2.24) is 5.32 Å². The summed E-state index contributed by atoms with van der Waals surface area (Å²) in [5, 5.41) is 8.59. The molecule has 4 rings (SSSR count). The van der Waals surface area contributed by atoms with E-state index in [4.69, 9.17) is 0 Å². The highest BCUT2D eigenvalue weighted by Crippen LogP contribution is 2.36. The molecule has 0 aliphatic carbocycles. The number of nitrogens with zero attached hydrogens (tertiary/aromatic N) is 1. The van der Waals surface area contributed by atoms with Crippen molar-refractivity contribution in [3.63, 3.8) is 0 Å². The van der Waals surface area contributed by atoms with Gasteiger partial charge < -0.3 is 20.9 Å². The van der Waals surface area contributed by atoms with Gasteiger partial charge in [-0.1, -0.05) is 18.2 Å². The van der Waals surface area contributed by atoms with Crippen molar-refractivity contribution >= 4 is 23.1 Å². The number of nitrogens with one attached hydrogen (secondary N) is 3. The van der Waals surface area contributed by atoms with Crippen LogP contribution in [0.4, 0.5) is 39.4 Å². The monoisotopic (exact) mass is 458 g/mol. The number of urea groups is 1. The molecule has 0 unspecified atom stereocenters. The number of piperazine rings is 1. The van der Waals surface area contributed by atoms with Gasteiger partial charge in [-0.2, -0.15) is 13.2 Å². The van der Waals surface area contributed by atoms with Crippen molar-refractivity contribution in [3.8, 4) is 11.1 Å². The van der Waals surface area contributed by atoms with Crippen molar-refractivity contribution in [2.75, 3.05) is 41.7 Å².